The Labute approximate surface area is 186 Å². The predicted octanol–water partition coefficient (Wildman–Crippen LogP) is 4.26. The predicted molar refractivity (Wildman–Crippen MR) is 124 cm³/mol. The number of hydrogen-bond acceptors (Lipinski definition) is 5. The zero-order valence-electron chi connectivity index (χ0n) is 18.2. The molecular formula is C24H26N6O2. The largest absolute Gasteiger partial charge is 0.456 e. The number of amides is 2. The summed E-state index contributed by atoms with van der Waals surface area (Å²) >= 11 is 0. The van der Waals surface area contributed by atoms with Crippen molar-refractivity contribution < 1.29 is 9.21 Å². The molecule has 0 bridgehead atoms. The molecule has 1 aliphatic rings. The fourth-order valence-electron chi connectivity index (χ4n) is 4.24. The number of likely N-dealkylation sites (tertiary alicyclic amines) is 1. The van der Waals surface area contributed by atoms with Crippen molar-refractivity contribution in [3.05, 3.63) is 55.0 Å². The molecule has 0 saturated carbocycles. The first-order chi connectivity index (χ1) is 15.5. The summed E-state index contributed by atoms with van der Waals surface area (Å²) < 4.78 is 8.00. The Kier molecular flexibility index (Phi) is 5.05. The van der Waals surface area contributed by atoms with E-state index < -0.39 is 0 Å². The Hall–Kier alpha value is -3.81. The molecule has 0 spiro atoms. The van der Waals surface area contributed by atoms with E-state index in [0.717, 1.165) is 53.6 Å². The van der Waals surface area contributed by atoms with E-state index in [1.807, 2.05) is 58.4 Å². The molecule has 4 aromatic rings. The Morgan fingerprint density at radius 1 is 1.12 bits per heavy atom. The van der Waals surface area contributed by atoms with Crippen molar-refractivity contribution in [2.24, 2.45) is 0 Å². The van der Waals surface area contributed by atoms with Crippen LogP contribution in [0.4, 0.5) is 10.6 Å². The van der Waals surface area contributed by atoms with Crippen molar-refractivity contribution in [2.75, 3.05) is 32.9 Å². The van der Waals surface area contributed by atoms with Crippen LogP contribution in [0.5, 0.6) is 0 Å². The lowest BCUT2D eigenvalue weighted by molar-refractivity contribution is 0.146. The Morgan fingerprint density at radius 3 is 2.66 bits per heavy atom. The maximum atomic E-state index is 12.2. The van der Waals surface area contributed by atoms with Crippen molar-refractivity contribution in [1.82, 2.24) is 24.6 Å². The summed E-state index contributed by atoms with van der Waals surface area (Å²) in [5.41, 5.74) is 9.66. The first-order valence-corrected chi connectivity index (χ1v) is 10.7. The first-order valence-electron chi connectivity index (χ1n) is 10.7. The third-order valence-electron chi connectivity index (χ3n) is 6.04. The molecule has 2 amide bonds. The number of urea groups is 1. The molecule has 2 N–H and O–H groups in total. The molecule has 1 aliphatic heterocycles. The second-order valence-corrected chi connectivity index (χ2v) is 8.41. The van der Waals surface area contributed by atoms with Crippen LogP contribution < -0.4 is 5.73 Å². The van der Waals surface area contributed by atoms with Crippen molar-refractivity contribution >= 4 is 22.8 Å². The molecule has 1 aromatic carbocycles. The van der Waals surface area contributed by atoms with Crippen LogP contribution in [0.2, 0.25) is 0 Å². The van der Waals surface area contributed by atoms with E-state index in [1.54, 1.807) is 25.2 Å². The highest BCUT2D eigenvalue weighted by molar-refractivity contribution is 5.86. The van der Waals surface area contributed by atoms with E-state index in [-0.39, 0.29) is 12.1 Å². The molecule has 5 rings (SSSR count). The molecule has 4 heterocycles. The van der Waals surface area contributed by atoms with E-state index >= 15 is 0 Å². The zero-order chi connectivity index (χ0) is 22.2. The van der Waals surface area contributed by atoms with Gasteiger partial charge in [0.05, 0.1) is 17.8 Å². The maximum Gasteiger partial charge on any atom is 0.319 e. The lowest BCUT2D eigenvalue weighted by Gasteiger charge is -2.33. The van der Waals surface area contributed by atoms with Gasteiger partial charge in [-0.25, -0.2) is 9.78 Å². The Balaban J connectivity index is 1.37. The van der Waals surface area contributed by atoms with E-state index in [9.17, 15) is 4.79 Å². The summed E-state index contributed by atoms with van der Waals surface area (Å²) in [7, 11) is 3.57. The van der Waals surface area contributed by atoms with Crippen molar-refractivity contribution in [2.45, 2.75) is 18.9 Å². The SMILES string of the molecule is CN(C)C(=O)N1CCC(n2cc(-c3cnc(N)c(-c4cc5ccccc5o4)c3)cn2)CC1. The number of fused-ring (bicyclic) bond motifs is 1. The van der Waals surface area contributed by atoms with Gasteiger partial charge in [0.2, 0.25) is 0 Å². The Bertz CT molecular complexity index is 1230. The minimum Gasteiger partial charge on any atom is -0.456 e. The smallest absolute Gasteiger partial charge is 0.319 e. The molecule has 0 radical (unpaired) electrons. The second-order valence-electron chi connectivity index (χ2n) is 8.41. The van der Waals surface area contributed by atoms with E-state index in [1.165, 1.54) is 0 Å². The minimum atomic E-state index is 0.0654. The van der Waals surface area contributed by atoms with Crippen LogP contribution in [0.25, 0.3) is 33.4 Å². The van der Waals surface area contributed by atoms with Gasteiger partial charge in [0.1, 0.15) is 17.2 Å². The molecule has 3 aromatic heterocycles. The minimum absolute atomic E-state index is 0.0654. The molecule has 1 fully saturated rings. The van der Waals surface area contributed by atoms with Gasteiger partial charge in [-0.15, -0.1) is 0 Å². The van der Waals surface area contributed by atoms with Crippen LogP contribution in [-0.2, 0) is 0 Å². The number of nitrogens with zero attached hydrogens (tertiary/aromatic N) is 5. The highest BCUT2D eigenvalue weighted by Crippen LogP contribution is 2.34. The number of pyridine rings is 1. The number of carbonyl (C=O) groups excluding carboxylic acids is 1. The number of anilines is 1. The van der Waals surface area contributed by atoms with Crippen molar-refractivity contribution in [3.8, 4) is 22.5 Å². The van der Waals surface area contributed by atoms with E-state index in [4.69, 9.17) is 10.2 Å². The van der Waals surface area contributed by atoms with Crippen LogP contribution in [0.1, 0.15) is 18.9 Å². The third-order valence-corrected chi connectivity index (χ3v) is 6.04. The lowest BCUT2D eigenvalue weighted by Crippen LogP contribution is -2.44. The van der Waals surface area contributed by atoms with Gasteiger partial charge in [0, 0.05) is 56.1 Å². The first kappa shape index (κ1) is 20.1. The normalized spacial score (nSPS) is 14.8. The average Bonchev–Trinajstić information content (AvgIpc) is 3.46. The van der Waals surface area contributed by atoms with Crippen molar-refractivity contribution in [3.63, 3.8) is 0 Å². The van der Waals surface area contributed by atoms with Gasteiger partial charge in [-0.3, -0.25) is 4.68 Å². The number of piperidine rings is 1. The molecule has 164 valence electrons. The molecule has 0 aliphatic carbocycles. The summed E-state index contributed by atoms with van der Waals surface area (Å²) in [5, 5.41) is 5.63. The summed E-state index contributed by atoms with van der Waals surface area (Å²) in [4.78, 5) is 20.1. The zero-order valence-corrected chi connectivity index (χ0v) is 18.2. The number of nitrogens with two attached hydrogens (primary N) is 1. The number of carbonyl (C=O) groups is 1. The van der Waals surface area contributed by atoms with Gasteiger partial charge in [-0.05, 0) is 31.0 Å². The van der Waals surface area contributed by atoms with Crippen LogP contribution in [-0.4, -0.2) is 57.8 Å². The standard InChI is InChI=1S/C24H26N6O2/c1-28(2)24(31)29-9-7-19(8-10-29)30-15-18(14-27-30)17-11-20(23(25)26-13-17)22-12-16-5-3-4-6-21(16)32-22/h3-6,11-15,19H,7-10H2,1-2H3,(H2,25,26). The fraction of sp³-hybridized carbons (Fsp3) is 0.292. The van der Waals surface area contributed by atoms with Gasteiger partial charge in [-0.1, -0.05) is 18.2 Å². The summed E-state index contributed by atoms with van der Waals surface area (Å²) in [6, 6.07) is 12.2. The van der Waals surface area contributed by atoms with Gasteiger partial charge >= 0.3 is 6.03 Å². The highest BCUT2D eigenvalue weighted by Gasteiger charge is 2.25. The summed E-state index contributed by atoms with van der Waals surface area (Å²) in [5.74, 6) is 1.13. The summed E-state index contributed by atoms with van der Waals surface area (Å²) in [6.45, 7) is 1.47. The monoisotopic (exact) mass is 430 g/mol. The molecular weight excluding hydrogens is 404 g/mol. The molecule has 1 saturated heterocycles. The second kappa shape index (κ2) is 8.03. The maximum absolute atomic E-state index is 12.2. The Morgan fingerprint density at radius 2 is 1.91 bits per heavy atom. The van der Waals surface area contributed by atoms with Crippen molar-refractivity contribution in [1.29, 1.82) is 0 Å². The topological polar surface area (TPSA) is 93.4 Å². The van der Waals surface area contributed by atoms with E-state index in [2.05, 4.69) is 10.1 Å². The summed E-state index contributed by atoms with van der Waals surface area (Å²) in [6.07, 6.45) is 7.42. The third kappa shape index (κ3) is 3.68. The molecule has 8 nitrogen and oxygen atoms in total. The number of para-hydroxylation sites is 1. The number of aromatic nitrogens is 3. The molecule has 0 atom stereocenters. The van der Waals surface area contributed by atoms with Crippen LogP contribution >= 0.6 is 0 Å². The van der Waals surface area contributed by atoms with Crippen LogP contribution in [0.15, 0.2) is 59.4 Å². The van der Waals surface area contributed by atoms with E-state index in [0.29, 0.717) is 11.6 Å². The van der Waals surface area contributed by atoms with Gasteiger partial charge < -0.3 is 20.0 Å². The number of hydrogen-bond donors (Lipinski definition) is 1. The van der Waals surface area contributed by atoms with Gasteiger partial charge in [0.25, 0.3) is 0 Å². The number of furan rings is 1. The van der Waals surface area contributed by atoms with Crippen LogP contribution in [0, 0.1) is 0 Å². The molecule has 8 heteroatoms. The molecule has 0 unspecified atom stereocenters. The number of rotatable bonds is 3. The highest BCUT2D eigenvalue weighted by atomic mass is 16.3. The lowest BCUT2D eigenvalue weighted by atomic mass is 10.1. The number of benzene rings is 1. The fourth-order valence-corrected chi connectivity index (χ4v) is 4.24. The number of nitrogen functional groups attached to an aromatic ring is 1. The van der Waals surface area contributed by atoms with Crippen LogP contribution in [0.3, 0.4) is 0 Å². The average molecular weight is 431 g/mol. The van der Waals surface area contributed by atoms with Gasteiger partial charge in [-0.2, -0.15) is 5.10 Å². The molecule has 32 heavy (non-hydrogen) atoms. The van der Waals surface area contributed by atoms with Gasteiger partial charge in [0.15, 0.2) is 0 Å². The quantitative estimate of drug-likeness (QED) is 0.524.